The monoisotopic (exact) mass is 434 g/mol. The highest BCUT2D eigenvalue weighted by molar-refractivity contribution is 5.93. The summed E-state index contributed by atoms with van der Waals surface area (Å²) in [6.45, 7) is 4.94. The van der Waals surface area contributed by atoms with E-state index in [-0.39, 0.29) is 5.56 Å². The third-order valence-electron chi connectivity index (χ3n) is 5.95. The first-order valence-electron chi connectivity index (χ1n) is 10.1. The number of hydrogen-bond acceptors (Lipinski definition) is 7. The first-order chi connectivity index (χ1) is 14.9. The Morgan fingerprint density at radius 1 is 1.03 bits per heavy atom. The predicted molar refractivity (Wildman–Crippen MR) is 107 cm³/mol. The van der Waals surface area contributed by atoms with Crippen LogP contribution in [0.15, 0.2) is 41.0 Å². The quantitative estimate of drug-likeness (QED) is 0.677. The number of aliphatic hydroxyl groups excluding tert-OH is 1. The summed E-state index contributed by atoms with van der Waals surface area (Å²) in [5.74, 6) is 0. The van der Waals surface area contributed by atoms with Gasteiger partial charge in [0.05, 0.1) is 18.9 Å². The highest BCUT2D eigenvalue weighted by Gasteiger charge is 2.39. The lowest BCUT2D eigenvalue weighted by atomic mass is 9.98. The molecule has 0 radical (unpaired) electrons. The molecule has 3 heterocycles. The van der Waals surface area contributed by atoms with Gasteiger partial charge in [-0.15, -0.1) is 0 Å². The van der Waals surface area contributed by atoms with Gasteiger partial charge in [-0.25, -0.2) is 4.63 Å². The molecule has 2 aliphatic rings. The van der Waals surface area contributed by atoms with E-state index in [1.807, 2.05) is 6.07 Å². The molecule has 7 nitrogen and oxygen atoms in total. The molecule has 0 bridgehead atoms. The predicted octanol–water partition coefficient (Wildman–Crippen LogP) is 3.01. The molecule has 164 valence electrons. The number of rotatable bonds is 4. The summed E-state index contributed by atoms with van der Waals surface area (Å²) >= 11 is 0. The zero-order chi connectivity index (χ0) is 21.6. The molecule has 3 aromatic rings. The van der Waals surface area contributed by atoms with Crippen LogP contribution in [0.25, 0.3) is 22.2 Å². The van der Waals surface area contributed by atoms with E-state index in [4.69, 9.17) is 9.37 Å². The van der Waals surface area contributed by atoms with Gasteiger partial charge in [0.2, 0.25) is 0 Å². The largest absolute Gasteiger partial charge is 0.418 e. The number of aliphatic hydroxyl groups is 1. The normalized spacial score (nSPS) is 19.5. The Labute approximate surface area is 176 Å². The van der Waals surface area contributed by atoms with E-state index in [0.717, 1.165) is 45.1 Å². The van der Waals surface area contributed by atoms with Crippen LogP contribution in [0.1, 0.15) is 11.7 Å². The fourth-order valence-electron chi connectivity index (χ4n) is 4.18. The van der Waals surface area contributed by atoms with Crippen LogP contribution in [-0.2, 0) is 4.74 Å². The van der Waals surface area contributed by atoms with Crippen LogP contribution in [0.2, 0.25) is 0 Å². The maximum Gasteiger partial charge on any atom is 0.418 e. The molecule has 31 heavy (non-hydrogen) atoms. The maximum atomic E-state index is 13.0. The summed E-state index contributed by atoms with van der Waals surface area (Å²) < 4.78 is 49.2. The molecular weight excluding hydrogens is 413 g/mol. The zero-order valence-electron chi connectivity index (χ0n) is 16.5. The fraction of sp³-hybridized carbons (Fsp3) is 0.429. The minimum atomic E-state index is -4.73. The zero-order valence-corrected chi connectivity index (χ0v) is 16.5. The van der Waals surface area contributed by atoms with Crippen molar-refractivity contribution in [2.75, 3.05) is 44.3 Å². The van der Waals surface area contributed by atoms with Gasteiger partial charge in [0, 0.05) is 32.2 Å². The van der Waals surface area contributed by atoms with Gasteiger partial charge in [-0.2, -0.15) is 13.2 Å². The Bertz CT molecular complexity index is 1080. The van der Waals surface area contributed by atoms with Crippen LogP contribution in [0.4, 0.5) is 18.9 Å². The van der Waals surface area contributed by atoms with Gasteiger partial charge in [-0.05, 0) is 45.2 Å². The number of halogens is 3. The molecular formula is C21H21F3N4O3. The van der Waals surface area contributed by atoms with Crippen LogP contribution in [0.3, 0.4) is 0 Å². The number of aromatic nitrogens is 2. The Morgan fingerprint density at radius 3 is 2.55 bits per heavy atom. The highest BCUT2D eigenvalue weighted by Crippen LogP contribution is 2.37. The van der Waals surface area contributed by atoms with Crippen LogP contribution >= 0.6 is 0 Å². The van der Waals surface area contributed by atoms with E-state index < -0.39 is 12.3 Å². The number of morpholine rings is 1. The number of hydrogen-bond donors (Lipinski definition) is 1. The Hall–Kier alpha value is -2.69. The molecule has 0 spiro atoms. The Kier molecular flexibility index (Phi) is 5.07. The number of anilines is 1. The second-order valence-electron chi connectivity index (χ2n) is 7.90. The molecule has 1 N–H and O–H groups in total. The topological polar surface area (TPSA) is 74.9 Å². The third kappa shape index (κ3) is 3.86. The molecule has 2 aliphatic heterocycles. The minimum Gasteiger partial charge on any atom is -0.379 e. The van der Waals surface area contributed by atoms with Crippen LogP contribution in [0.5, 0.6) is 0 Å². The first-order valence-corrected chi connectivity index (χ1v) is 10.1. The van der Waals surface area contributed by atoms with Crippen molar-refractivity contribution < 1.29 is 27.6 Å². The van der Waals surface area contributed by atoms with Gasteiger partial charge in [0.15, 0.2) is 11.6 Å². The lowest BCUT2D eigenvalue weighted by molar-refractivity contribution is -0.206. The molecule has 5 rings (SSSR count). The summed E-state index contributed by atoms with van der Waals surface area (Å²) in [5, 5.41) is 17.6. The Balaban J connectivity index is 1.44. The molecule has 2 fully saturated rings. The SMILES string of the molecule is OC(c1cccc(-c2cc(N3CC(N4CCOCC4)C3)c3nonc3c2)c1)C(F)(F)F. The lowest BCUT2D eigenvalue weighted by Gasteiger charge is -2.47. The highest BCUT2D eigenvalue weighted by atomic mass is 19.4. The molecule has 2 aromatic carbocycles. The number of benzene rings is 2. The van der Waals surface area contributed by atoms with Crippen LogP contribution < -0.4 is 4.90 Å². The smallest absolute Gasteiger partial charge is 0.379 e. The van der Waals surface area contributed by atoms with Gasteiger partial charge in [0.25, 0.3) is 0 Å². The Morgan fingerprint density at radius 2 is 1.81 bits per heavy atom. The van der Waals surface area contributed by atoms with E-state index in [9.17, 15) is 18.3 Å². The summed E-state index contributed by atoms with van der Waals surface area (Å²) in [7, 11) is 0. The van der Waals surface area contributed by atoms with Crippen LogP contribution in [-0.4, -0.2) is 71.9 Å². The maximum absolute atomic E-state index is 13.0. The van der Waals surface area contributed by atoms with Crippen molar-refractivity contribution in [1.29, 1.82) is 0 Å². The van der Waals surface area contributed by atoms with Crippen molar-refractivity contribution in [3.05, 3.63) is 42.0 Å². The summed E-state index contributed by atoms with van der Waals surface area (Å²) in [4.78, 5) is 4.58. The van der Waals surface area contributed by atoms with Crippen molar-refractivity contribution in [3.8, 4) is 11.1 Å². The summed E-state index contributed by atoms with van der Waals surface area (Å²) in [6, 6.07) is 9.87. The van der Waals surface area contributed by atoms with E-state index in [2.05, 4.69) is 20.1 Å². The standard InChI is InChI=1S/C21H21F3N4O3/c22-21(23,24)20(29)14-3-1-2-13(8-14)15-9-17-19(26-31-25-17)18(10-15)28-11-16(12-28)27-4-6-30-7-5-27/h1-3,8-10,16,20,29H,4-7,11-12H2. The number of nitrogens with zero attached hydrogens (tertiary/aromatic N) is 4. The minimum absolute atomic E-state index is 0.207. The van der Waals surface area contributed by atoms with Crippen LogP contribution in [0, 0.1) is 0 Å². The van der Waals surface area contributed by atoms with Crippen molar-refractivity contribution in [2.24, 2.45) is 0 Å². The van der Waals surface area contributed by atoms with Crippen molar-refractivity contribution >= 4 is 16.7 Å². The third-order valence-corrected chi connectivity index (χ3v) is 5.95. The van der Waals surface area contributed by atoms with Crippen molar-refractivity contribution in [3.63, 3.8) is 0 Å². The molecule has 1 atom stereocenters. The van der Waals surface area contributed by atoms with E-state index in [0.29, 0.717) is 28.2 Å². The molecule has 2 saturated heterocycles. The molecule has 0 aliphatic carbocycles. The number of ether oxygens (including phenoxy) is 1. The summed E-state index contributed by atoms with van der Waals surface area (Å²) in [5.41, 5.74) is 3.02. The molecule has 1 aromatic heterocycles. The van der Waals surface area contributed by atoms with Crippen molar-refractivity contribution in [2.45, 2.75) is 18.3 Å². The second-order valence-corrected chi connectivity index (χ2v) is 7.90. The lowest BCUT2D eigenvalue weighted by Crippen LogP contribution is -2.61. The second kappa shape index (κ2) is 7.77. The molecule has 1 unspecified atom stereocenters. The van der Waals surface area contributed by atoms with Gasteiger partial charge in [-0.1, -0.05) is 18.2 Å². The van der Waals surface area contributed by atoms with E-state index >= 15 is 0 Å². The number of fused-ring (bicyclic) bond motifs is 1. The van der Waals surface area contributed by atoms with E-state index in [1.54, 1.807) is 12.1 Å². The average molecular weight is 434 g/mol. The van der Waals surface area contributed by atoms with Gasteiger partial charge in [0.1, 0.15) is 5.52 Å². The van der Waals surface area contributed by atoms with Crippen molar-refractivity contribution in [1.82, 2.24) is 15.2 Å². The van der Waals surface area contributed by atoms with Gasteiger partial charge < -0.3 is 14.7 Å². The molecule has 0 saturated carbocycles. The fourth-order valence-corrected chi connectivity index (χ4v) is 4.18. The summed E-state index contributed by atoms with van der Waals surface area (Å²) in [6.07, 6.45) is -7.26. The van der Waals surface area contributed by atoms with E-state index in [1.165, 1.54) is 18.2 Å². The number of alkyl halides is 3. The van der Waals surface area contributed by atoms with Gasteiger partial charge >= 0.3 is 6.18 Å². The molecule has 0 amide bonds. The molecule has 10 heteroatoms. The average Bonchev–Trinajstić information content (AvgIpc) is 3.21. The van der Waals surface area contributed by atoms with Gasteiger partial charge in [-0.3, -0.25) is 4.90 Å². The first kappa shape index (κ1) is 20.2.